The number of allylic oxidation sites excluding steroid dienone is 1. The highest BCUT2D eigenvalue weighted by atomic mass is 19.1. The molecule has 2 N–H and O–H groups in total. The molecule has 0 unspecified atom stereocenters. The summed E-state index contributed by atoms with van der Waals surface area (Å²) >= 11 is 0. The highest BCUT2D eigenvalue weighted by molar-refractivity contribution is 6.15. The van der Waals surface area contributed by atoms with E-state index >= 15 is 0 Å². The first-order valence-corrected chi connectivity index (χ1v) is 14.7. The lowest BCUT2D eigenvalue weighted by Gasteiger charge is -2.35. The molecule has 216 valence electrons. The molecule has 0 bridgehead atoms. The molecule has 0 radical (unpaired) electrons. The summed E-state index contributed by atoms with van der Waals surface area (Å²) < 4.78 is 21.4. The summed E-state index contributed by atoms with van der Waals surface area (Å²) in [6, 6.07) is 16.8. The molecule has 6 rings (SSSR count). The molecule has 0 amide bonds. The van der Waals surface area contributed by atoms with Crippen LogP contribution < -0.4 is 10.5 Å². The topological polar surface area (TPSA) is 73.4 Å². The molecule has 1 aromatic heterocycles. The van der Waals surface area contributed by atoms with Crippen molar-refractivity contribution >= 4 is 17.7 Å². The zero-order valence-corrected chi connectivity index (χ0v) is 24.7. The van der Waals surface area contributed by atoms with Crippen LogP contribution in [0.25, 0.3) is 11.8 Å². The van der Waals surface area contributed by atoms with Crippen molar-refractivity contribution in [2.24, 2.45) is 0 Å². The van der Waals surface area contributed by atoms with Crippen molar-refractivity contribution in [3.8, 4) is 17.2 Å². The number of carbonyl (C=O) groups is 1. The zero-order chi connectivity index (χ0) is 29.5. The zero-order valence-electron chi connectivity index (χ0n) is 24.7. The lowest BCUT2D eigenvalue weighted by molar-refractivity contribution is 0.103. The molecule has 3 aromatic carbocycles. The maximum absolute atomic E-state index is 14.1. The van der Waals surface area contributed by atoms with Crippen LogP contribution in [0, 0.1) is 19.7 Å². The van der Waals surface area contributed by atoms with Crippen molar-refractivity contribution < 1.29 is 13.9 Å². The van der Waals surface area contributed by atoms with E-state index < -0.39 is 5.82 Å². The number of nitrogens with two attached hydrogens (primary N) is 1. The quantitative estimate of drug-likeness (QED) is 0.237. The Kier molecular flexibility index (Phi) is 7.45. The van der Waals surface area contributed by atoms with E-state index in [2.05, 4.69) is 42.9 Å². The van der Waals surface area contributed by atoms with Crippen molar-refractivity contribution in [3.05, 3.63) is 106 Å². The van der Waals surface area contributed by atoms with E-state index in [1.54, 1.807) is 41.2 Å². The molecule has 1 aliphatic heterocycles. The Labute approximate surface area is 246 Å². The minimum atomic E-state index is -0.429. The number of aryl methyl sites for hydroxylation is 2. The molecular formula is C35H37FN4O2. The van der Waals surface area contributed by atoms with E-state index in [1.165, 1.54) is 35.6 Å². The van der Waals surface area contributed by atoms with E-state index in [-0.39, 0.29) is 17.4 Å². The van der Waals surface area contributed by atoms with Gasteiger partial charge in [0.2, 0.25) is 0 Å². The molecule has 0 saturated carbocycles. The van der Waals surface area contributed by atoms with Crippen LogP contribution in [0.3, 0.4) is 0 Å². The average molecular weight is 565 g/mol. The van der Waals surface area contributed by atoms with Gasteiger partial charge in [-0.25, -0.2) is 9.07 Å². The van der Waals surface area contributed by atoms with Crippen molar-refractivity contribution in [2.75, 3.05) is 18.8 Å². The Morgan fingerprint density at radius 2 is 1.79 bits per heavy atom. The third-order valence-electron chi connectivity index (χ3n) is 8.74. The second kappa shape index (κ2) is 11.2. The molecule has 4 aromatic rings. The number of Topliss-reactive ketones (excluding diaryl/α,β-unsaturated/α-hetero) is 1. The van der Waals surface area contributed by atoms with Crippen molar-refractivity contribution in [2.45, 2.75) is 58.9 Å². The highest BCUT2D eigenvalue weighted by Crippen LogP contribution is 2.37. The van der Waals surface area contributed by atoms with E-state index in [4.69, 9.17) is 10.5 Å². The number of anilines is 1. The number of piperidine rings is 1. The minimum Gasteiger partial charge on any atom is -0.454 e. The van der Waals surface area contributed by atoms with Gasteiger partial charge in [-0.05, 0) is 124 Å². The fraction of sp³-hybridized carbons (Fsp3) is 0.314. The number of rotatable bonds is 7. The third kappa shape index (κ3) is 5.25. The maximum atomic E-state index is 14.1. The molecule has 0 spiro atoms. The van der Waals surface area contributed by atoms with Gasteiger partial charge in [-0.2, -0.15) is 5.10 Å². The smallest absolute Gasteiger partial charge is 0.194 e. The first-order valence-electron chi connectivity index (χ1n) is 14.7. The van der Waals surface area contributed by atoms with Crippen molar-refractivity contribution in [3.63, 3.8) is 0 Å². The summed E-state index contributed by atoms with van der Waals surface area (Å²) in [4.78, 5) is 16.2. The fourth-order valence-electron chi connectivity index (χ4n) is 6.28. The number of hydrogen-bond acceptors (Lipinski definition) is 5. The summed E-state index contributed by atoms with van der Waals surface area (Å²) in [5.41, 5.74) is 14.1. The van der Waals surface area contributed by atoms with E-state index in [9.17, 15) is 9.18 Å². The molecule has 7 heteroatoms. The summed E-state index contributed by atoms with van der Waals surface area (Å²) in [6.07, 6.45) is 6.48. The molecule has 42 heavy (non-hydrogen) atoms. The van der Waals surface area contributed by atoms with E-state index in [0.717, 1.165) is 29.8 Å². The number of likely N-dealkylation sites (tertiary alicyclic amines) is 1. The molecular weight excluding hydrogens is 527 g/mol. The van der Waals surface area contributed by atoms with Crippen LogP contribution in [0.2, 0.25) is 0 Å². The normalized spacial score (nSPS) is 15.6. The van der Waals surface area contributed by atoms with Crippen LogP contribution in [0.1, 0.15) is 70.8 Å². The van der Waals surface area contributed by atoms with Gasteiger partial charge in [-0.3, -0.25) is 4.79 Å². The lowest BCUT2D eigenvalue weighted by atomic mass is 9.84. The van der Waals surface area contributed by atoms with Gasteiger partial charge in [-0.15, -0.1) is 0 Å². The Morgan fingerprint density at radius 3 is 2.50 bits per heavy atom. The van der Waals surface area contributed by atoms with Gasteiger partial charge in [0.1, 0.15) is 11.6 Å². The monoisotopic (exact) mass is 564 g/mol. The molecule has 2 heterocycles. The molecule has 1 saturated heterocycles. The van der Waals surface area contributed by atoms with Crippen LogP contribution in [0.5, 0.6) is 11.5 Å². The van der Waals surface area contributed by atoms with Crippen molar-refractivity contribution in [1.29, 1.82) is 0 Å². The van der Waals surface area contributed by atoms with Crippen molar-refractivity contribution in [1.82, 2.24) is 14.7 Å². The number of nitrogen functional groups attached to an aromatic ring is 1. The standard InChI is InChI=1S/C35H37FN4O2/c1-21(2)39-13-11-24(12-14-39)29-19-26-18-27(17-25(26)15-22(29)3)34(41)30-20-38-40(35(30)37)28-9-10-32(23(4)16-28)42-33-8-6-5-7-31(33)36/h5-10,15-17,19-21,24H,11-14,18,37H2,1-4H3. The second-order valence-electron chi connectivity index (χ2n) is 11.8. The van der Waals surface area contributed by atoms with Gasteiger partial charge < -0.3 is 15.4 Å². The Balaban J connectivity index is 1.18. The third-order valence-corrected chi connectivity index (χ3v) is 8.74. The molecule has 0 atom stereocenters. The fourth-order valence-corrected chi connectivity index (χ4v) is 6.28. The van der Waals surface area contributed by atoms with Gasteiger partial charge in [-0.1, -0.05) is 24.3 Å². The van der Waals surface area contributed by atoms with Gasteiger partial charge in [0.15, 0.2) is 17.3 Å². The van der Waals surface area contributed by atoms with Crippen LogP contribution in [0.15, 0.2) is 66.4 Å². The predicted octanol–water partition coefficient (Wildman–Crippen LogP) is 7.41. The summed E-state index contributed by atoms with van der Waals surface area (Å²) in [5, 5.41) is 4.44. The number of ketones is 1. The number of fused-ring (bicyclic) bond motifs is 1. The number of hydrogen-bond donors (Lipinski definition) is 1. The molecule has 1 aliphatic carbocycles. The van der Waals surface area contributed by atoms with Crippen LogP contribution in [-0.4, -0.2) is 39.6 Å². The van der Waals surface area contributed by atoms with Gasteiger partial charge in [0.05, 0.1) is 17.4 Å². The van der Waals surface area contributed by atoms with Gasteiger partial charge in [0, 0.05) is 18.0 Å². The Morgan fingerprint density at radius 1 is 1.02 bits per heavy atom. The Hall–Kier alpha value is -4.23. The van der Waals surface area contributed by atoms with E-state index in [1.807, 2.05) is 19.1 Å². The summed E-state index contributed by atoms with van der Waals surface area (Å²) in [6.45, 7) is 10.9. The number of aromatic nitrogens is 2. The van der Waals surface area contributed by atoms with Crippen LogP contribution >= 0.6 is 0 Å². The first-order chi connectivity index (χ1) is 20.2. The number of halogens is 1. The minimum absolute atomic E-state index is 0.101. The summed E-state index contributed by atoms with van der Waals surface area (Å²) in [5.74, 6) is 1.00. The number of carbonyl (C=O) groups excluding carboxylic acids is 1. The second-order valence-corrected chi connectivity index (χ2v) is 11.8. The largest absolute Gasteiger partial charge is 0.454 e. The highest BCUT2D eigenvalue weighted by Gasteiger charge is 2.27. The number of nitrogens with zero attached hydrogens (tertiary/aromatic N) is 3. The average Bonchev–Trinajstić information content (AvgIpc) is 3.57. The first kappa shape index (κ1) is 27.9. The molecule has 2 aliphatic rings. The molecule has 1 fully saturated rings. The summed E-state index contributed by atoms with van der Waals surface area (Å²) in [7, 11) is 0. The predicted molar refractivity (Wildman–Crippen MR) is 165 cm³/mol. The van der Waals surface area contributed by atoms with Gasteiger partial charge in [0.25, 0.3) is 0 Å². The number of para-hydroxylation sites is 1. The van der Waals surface area contributed by atoms with Gasteiger partial charge >= 0.3 is 0 Å². The lowest BCUT2D eigenvalue weighted by Crippen LogP contribution is -2.37. The molecule has 6 nitrogen and oxygen atoms in total. The number of ether oxygens (including phenoxy) is 1. The van der Waals surface area contributed by atoms with E-state index in [0.29, 0.717) is 35.4 Å². The number of benzene rings is 3. The van der Waals surface area contributed by atoms with Crippen LogP contribution in [-0.2, 0) is 6.42 Å². The SMILES string of the molecule is Cc1cc(-n2ncc(C(=O)C3=Cc4cc(C)c(C5CCN(C(C)C)CC5)cc4C3)c2N)ccc1Oc1ccccc1F. The van der Waals surface area contributed by atoms with Crippen LogP contribution in [0.4, 0.5) is 10.2 Å². The maximum Gasteiger partial charge on any atom is 0.194 e. The Bertz CT molecular complexity index is 1700.